The molecule has 3 heterocycles. The number of hydrogen-bond donors (Lipinski definition) is 3. The first-order valence-corrected chi connectivity index (χ1v) is 11.7. The molecule has 1 amide bonds. The third-order valence-corrected chi connectivity index (χ3v) is 6.67. The molecule has 3 aromatic heterocycles. The summed E-state index contributed by atoms with van der Waals surface area (Å²) in [5.41, 5.74) is 10.8. The van der Waals surface area contributed by atoms with Gasteiger partial charge in [-0.3, -0.25) is 4.79 Å². The molecule has 0 unspecified atom stereocenters. The van der Waals surface area contributed by atoms with Gasteiger partial charge in [-0.25, -0.2) is 4.98 Å². The van der Waals surface area contributed by atoms with Crippen LogP contribution in [0.4, 0.5) is 16.5 Å². The van der Waals surface area contributed by atoms with Gasteiger partial charge in [0.1, 0.15) is 33.8 Å². The number of fused-ring (bicyclic) bond motifs is 1. The van der Waals surface area contributed by atoms with E-state index in [2.05, 4.69) is 21.7 Å². The summed E-state index contributed by atoms with van der Waals surface area (Å²) in [5.74, 6) is 0.396. The van der Waals surface area contributed by atoms with Crippen molar-refractivity contribution in [1.29, 1.82) is 5.26 Å². The fourth-order valence-corrected chi connectivity index (χ4v) is 5.08. The second-order valence-electron chi connectivity index (χ2n) is 7.96. The van der Waals surface area contributed by atoms with E-state index in [1.165, 1.54) is 11.3 Å². The Kier molecular flexibility index (Phi) is 5.92. The number of thiophene rings is 1. The van der Waals surface area contributed by atoms with Gasteiger partial charge in [0.2, 0.25) is 0 Å². The molecule has 4 N–H and O–H groups in total. The van der Waals surface area contributed by atoms with E-state index >= 15 is 0 Å². The van der Waals surface area contributed by atoms with Crippen molar-refractivity contribution >= 4 is 44.0 Å². The van der Waals surface area contributed by atoms with Gasteiger partial charge in [0.15, 0.2) is 0 Å². The van der Waals surface area contributed by atoms with Crippen LogP contribution >= 0.6 is 11.3 Å². The van der Waals surface area contributed by atoms with Gasteiger partial charge >= 0.3 is 0 Å². The van der Waals surface area contributed by atoms with Crippen LogP contribution in [0.15, 0.2) is 77.4 Å². The fourth-order valence-electron chi connectivity index (χ4n) is 3.85. The second kappa shape index (κ2) is 9.33. The van der Waals surface area contributed by atoms with Gasteiger partial charge in [-0.1, -0.05) is 48.0 Å². The van der Waals surface area contributed by atoms with Crippen LogP contribution in [0.2, 0.25) is 0 Å². The molecular formula is C27H21N5O2S. The number of nitrogens with one attached hydrogen (secondary N) is 2. The quantitative estimate of drug-likeness (QED) is 0.275. The first-order valence-electron chi connectivity index (χ1n) is 10.9. The lowest BCUT2D eigenvalue weighted by Gasteiger charge is -2.10. The summed E-state index contributed by atoms with van der Waals surface area (Å²) in [6, 6.07) is 23.2. The van der Waals surface area contributed by atoms with E-state index in [0.717, 1.165) is 16.8 Å². The number of amides is 1. The van der Waals surface area contributed by atoms with E-state index in [0.29, 0.717) is 32.1 Å². The van der Waals surface area contributed by atoms with Crippen molar-refractivity contribution in [3.63, 3.8) is 0 Å². The minimum Gasteiger partial charge on any atom is -0.467 e. The summed E-state index contributed by atoms with van der Waals surface area (Å²) in [6.07, 6.45) is 1.56. The Bertz CT molecular complexity index is 1550. The Morgan fingerprint density at radius 3 is 2.57 bits per heavy atom. The minimum absolute atomic E-state index is 0.0831. The van der Waals surface area contributed by atoms with Crippen LogP contribution < -0.4 is 16.4 Å². The molecule has 0 radical (unpaired) electrons. The van der Waals surface area contributed by atoms with Crippen LogP contribution in [-0.2, 0) is 6.54 Å². The Balaban J connectivity index is 1.71. The molecule has 0 fully saturated rings. The highest BCUT2D eigenvalue weighted by Gasteiger charge is 2.26. The molecule has 5 rings (SSSR count). The molecule has 172 valence electrons. The summed E-state index contributed by atoms with van der Waals surface area (Å²) in [4.78, 5) is 18.0. The van der Waals surface area contributed by atoms with Crippen molar-refractivity contribution in [2.75, 3.05) is 11.1 Å². The van der Waals surface area contributed by atoms with E-state index in [1.807, 2.05) is 61.5 Å². The van der Waals surface area contributed by atoms with Gasteiger partial charge in [-0.2, -0.15) is 5.26 Å². The Morgan fingerprint density at radius 2 is 1.89 bits per heavy atom. The number of pyridine rings is 1. The summed E-state index contributed by atoms with van der Waals surface area (Å²) >= 11 is 1.37. The van der Waals surface area contributed by atoms with Gasteiger partial charge in [0.25, 0.3) is 5.91 Å². The summed E-state index contributed by atoms with van der Waals surface area (Å²) in [6.45, 7) is 2.23. The molecule has 0 aliphatic heterocycles. The number of furan rings is 1. The molecule has 8 heteroatoms. The Hall–Kier alpha value is -4.61. The Labute approximate surface area is 205 Å². The van der Waals surface area contributed by atoms with Gasteiger partial charge in [-0.15, -0.1) is 11.3 Å². The maximum absolute atomic E-state index is 13.5. The second-order valence-corrected chi connectivity index (χ2v) is 8.98. The van der Waals surface area contributed by atoms with Crippen LogP contribution in [0.3, 0.4) is 0 Å². The number of nitrogens with zero attached hydrogens (tertiary/aromatic N) is 2. The summed E-state index contributed by atoms with van der Waals surface area (Å²) in [7, 11) is 0. The molecule has 0 saturated carbocycles. The molecule has 35 heavy (non-hydrogen) atoms. The third-order valence-electron chi connectivity index (χ3n) is 5.56. The summed E-state index contributed by atoms with van der Waals surface area (Å²) in [5, 5.41) is 16.8. The SMILES string of the molecule is Cc1ccc(-c2c(C#N)c(N)nc3c(C(=O)NCc4ccco4)c(Nc4ccccc4)sc23)cc1. The van der Waals surface area contributed by atoms with Gasteiger partial charge in [0, 0.05) is 11.3 Å². The molecule has 0 aliphatic rings. The molecule has 0 saturated heterocycles. The van der Waals surface area contributed by atoms with Crippen molar-refractivity contribution in [1.82, 2.24) is 10.3 Å². The van der Waals surface area contributed by atoms with Crippen molar-refractivity contribution in [2.45, 2.75) is 13.5 Å². The lowest BCUT2D eigenvalue weighted by Crippen LogP contribution is -2.23. The maximum Gasteiger partial charge on any atom is 0.256 e. The van der Waals surface area contributed by atoms with Gasteiger partial charge < -0.3 is 20.8 Å². The third kappa shape index (κ3) is 4.33. The van der Waals surface area contributed by atoms with E-state index in [-0.39, 0.29) is 23.8 Å². The number of nitrogens with two attached hydrogens (primary N) is 1. The lowest BCUT2D eigenvalue weighted by molar-refractivity contribution is 0.0950. The molecule has 0 bridgehead atoms. The molecule has 7 nitrogen and oxygen atoms in total. The Morgan fingerprint density at radius 1 is 1.11 bits per heavy atom. The number of aromatic nitrogens is 1. The molecule has 0 spiro atoms. The predicted molar refractivity (Wildman–Crippen MR) is 139 cm³/mol. The van der Waals surface area contributed by atoms with E-state index in [1.54, 1.807) is 18.4 Å². The first-order chi connectivity index (χ1) is 17.0. The zero-order valence-corrected chi connectivity index (χ0v) is 19.6. The van der Waals surface area contributed by atoms with Crippen LogP contribution in [0.1, 0.15) is 27.2 Å². The number of carbonyl (C=O) groups is 1. The zero-order valence-electron chi connectivity index (χ0n) is 18.8. The number of benzene rings is 2. The topological polar surface area (TPSA) is 117 Å². The number of nitrogen functional groups attached to an aromatic ring is 1. The van der Waals surface area contributed by atoms with Crippen LogP contribution in [-0.4, -0.2) is 10.9 Å². The number of nitriles is 1. The van der Waals surface area contributed by atoms with Crippen LogP contribution in [0.5, 0.6) is 0 Å². The number of anilines is 3. The molecule has 0 atom stereocenters. The van der Waals surface area contributed by atoms with Gasteiger partial charge in [-0.05, 0) is 36.8 Å². The van der Waals surface area contributed by atoms with Crippen molar-refractivity contribution in [3.8, 4) is 17.2 Å². The predicted octanol–water partition coefficient (Wildman–Crippen LogP) is 5.99. The van der Waals surface area contributed by atoms with Crippen molar-refractivity contribution in [3.05, 3.63) is 95.4 Å². The highest BCUT2D eigenvalue weighted by molar-refractivity contribution is 7.24. The van der Waals surface area contributed by atoms with Crippen LogP contribution in [0.25, 0.3) is 21.3 Å². The average molecular weight is 480 g/mol. The summed E-state index contributed by atoms with van der Waals surface area (Å²) < 4.78 is 6.06. The highest BCUT2D eigenvalue weighted by atomic mass is 32.1. The maximum atomic E-state index is 13.5. The molecule has 0 aliphatic carbocycles. The molecule has 2 aromatic carbocycles. The largest absolute Gasteiger partial charge is 0.467 e. The van der Waals surface area contributed by atoms with Crippen LogP contribution in [0, 0.1) is 18.3 Å². The smallest absolute Gasteiger partial charge is 0.256 e. The highest BCUT2D eigenvalue weighted by Crippen LogP contribution is 2.44. The number of carbonyl (C=O) groups excluding carboxylic acids is 1. The lowest BCUT2D eigenvalue weighted by atomic mass is 9.99. The number of aryl methyl sites for hydroxylation is 1. The standard InChI is InChI=1S/C27H21N5O2S/c1-16-9-11-17(12-10-16)21-20(14-28)25(29)32-23-22(26(33)30-15-19-8-5-13-34-19)27(35-24(21)23)31-18-6-3-2-4-7-18/h2-13,31H,15H2,1H3,(H2,29,32)(H,30,33). The van der Waals surface area contributed by atoms with Crippen molar-refractivity contribution < 1.29 is 9.21 Å². The molecule has 5 aromatic rings. The molecular weight excluding hydrogens is 458 g/mol. The van der Waals surface area contributed by atoms with Crippen molar-refractivity contribution in [2.24, 2.45) is 0 Å². The normalized spacial score (nSPS) is 10.7. The number of para-hydroxylation sites is 1. The number of rotatable bonds is 6. The zero-order chi connectivity index (χ0) is 24.4. The average Bonchev–Trinajstić information content (AvgIpc) is 3.51. The number of hydrogen-bond acceptors (Lipinski definition) is 7. The van der Waals surface area contributed by atoms with E-state index < -0.39 is 0 Å². The van der Waals surface area contributed by atoms with Gasteiger partial charge in [0.05, 0.1) is 23.0 Å². The minimum atomic E-state index is -0.322. The monoisotopic (exact) mass is 479 g/mol. The van der Waals surface area contributed by atoms with E-state index in [4.69, 9.17) is 10.2 Å². The fraction of sp³-hybridized carbons (Fsp3) is 0.0741. The van der Waals surface area contributed by atoms with E-state index in [9.17, 15) is 10.1 Å². The first kappa shape index (κ1) is 22.2.